The Bertz CT molecular complexity index is 668. The van der Waals surface area contributed by atoms with Crippen molar-refractivity contribution < 1.29 is 34.0 Å². The maximum Gasteiger partial charge on any atom is 0.334 e. The van der Waals surface area contributed by atoms with E-state index in [1.54, 1.807) is 13.8 Å². The minimum atomic E-state index is -1.10. The molecule has 0 radical (unpaired) electrons. The van der Waals surface area contributed by atoms with Gasteiger partial charge in [-0.25, -0.2) is 4.79 Å². The number of carbonyl (C=O) groups is 2. The van der Waals surface area contributed by atoms with E-state index in [4.69, 9.17) is 14.2 Å². The van der Waals surface area contributed by atoms with Gasteiger partial charge in [-0.05, 0) is 51.9 Å². The Morgan fingerprint density at radius 1 is 1.17 bits per heavy atom. The summed E-state index contributed by atoms with van der Waals surface area (Å²) in [6, 6.07) is 0. The van der Waals surface area contributed by atoms with E-state index in [-0.39, 0.29) is 5.92 Å². The molecule has 8 atom stereocenters. The Morgan fingerprint density at radius 2 is 1.83 bits per heavy atom. The zero-order chi connectivity index (χ0) is 21.6. The molecule has 3 fully saturated rings. The van der Waals surface area contributed by atoms with Gasteiger partial charge in [-0.3, -0.25) is 4.79 Å². The molecular weight excluding hydrogens is 376 g/mol. The highest BCUT2D eigenvalue weighted by molar-refractivity contribution is 5.91. The van der Waals surface area contributed by atoms with E-state index in [9.17, 15) is 19.8 Å². The SMILES string of the molecule is C=C1C(=O)O[C@H]2[C@H](OC(C)=O)[C@@H](C)CCC[C@](C)(O)[C@H]3CC[C@](C)(O)[C@@H](C[C@@H]12)O3. The molecule has 0 amide bonds. The van der Waals surface area contributed by atoms with Crippen LogP contribution in [-0.2, 0) is 23.8 Å². The lowest BCUT2D eigenvalue weighted by Gasteiger charge is -2.47. The van der Waals surface area contributed by atoms with E-state index in [0.29, 0.717) is 44.1 Å². The fourth-order valence-electron chi connectivity index (χ4n) is 5.00. The second-order valence-electron chi connectivity index (χ2n) is 9.55. The fourth-order valence-corrected chi connectivity index (χ4v) is 5.00. The Hall–Kier alpha value is -1.44. The van der Waals surface area contributed by atoms with E-state index in [1.807, 2.05) is 6.92 Å². The Labute approximate surface area is 172 Å². The van der Waals surface area contributed by atoms with Crippen molar-refractivity contribution in [2.75, 3.05) is 0 Å². The summed E-state index contributed by atoms with van der Waals surface area (Å²) >= 11 is 0. The van der Waals surface area contributed by atoms with E-state index in [1.165, 1.54) is 6.92 Å². The molecule has 0 aliphatic carbocycles. The number of hydrogen-bond acceptors (Lipinski definition) is 7. The first-order valence-electron chi connectivity index (χ1n) is 10.6. The summed E-state index contributed by atoms with van der Waals surface area (Å²) < 4.78 is 17.4. The Balaban J connectivity index is 1.98. The van der Waals surface area contributed by atoms with Gasteiger partial charge in [0.05, 0.1) is 23.4 Å². The van der Waals surface area contributed by atoms with Gasteiger partial charge in [-0.15, -0.1) is 0 Å². The summed E-state index contributed by atoms with van der Waals surface area (Å²) in [5.41, 5.74) is -1.82. The molecule has 164 valence electrons. The van der Waals surface area contributed by atoms with E-state index in [0.717, 1.165) is 0 Å². The number of esters is 2. The van der Waals surface area contributed by atoms with Crippen LogP contribution >= 0.6 is 0 Å². The number of carbonyl (C=O) groups excluding carboxylic acids is 2. The fraction of sp³-hybridized carbons (Fsp3) is 0.818. The van der Waals surface area contributed by atoms with Gasteiger partial charge in [0.2, 0.25) is 0 Å². The quantitative estimate of drug-likeness (QED) is 0.505. The molecule has 3 aliphatic rings. The topological polar surface area (TPSA) is 102 Å². The van der Waals surface area contributed by atoms with Crippen LogP contribution in [0.5, 0.6) is 0 Å². The highest BCUT2D eigenvalue weighted by Gasteiger charge is 2.52. The van der Waals surface area contributed by atoms with Gasteiger partial charge in [-0.1, -0.05) is 19.9 Å². The van der Waals surface area contributed by atoms with E-state index >= 15 is 0 Å². The van der Waals surface area contributed by atoms with Crippen LogP contribution < -0.4 is 0 Å². The van der Waals surface area contributed by atoms with Gasteiger partial charge in [0.15, 0.2) is 0 Å². The van der Waals surface area contributed by atoms with Crippen molar-refractivity contribution in [1.82, 2.24) is 0 Å². The summed E-state index contributed by atoms with van der Waals surface area (Å²) in [4.78, 5) is 24.1. The van der Waals surface area contributed by atoms with E-state index < -0.39 is 53.5 Å². The molecule has 0 unspecified atom stereocenters. The minimum absolute atomic E-state index is 0.0680. The Kier molecular flexibility index (Phi) is 6.14. The normalized spacial score (nSPS) is 46.1. The lowest BCUT2D eigenvalue weighted by molar-refractivity contribution is -0.222. The third-order valence-electron chi connectivity index (χ3n) is 6.98. The van der Waals surface area contributed by atoms with Crippen molar-refractivity contribution in [3.63, 3.8) is 0 Å². The van der Waals surface area contributed by atoms with Gasteiger partial charge in [0.25, 0.3) is 0 Å². The van der Waals surface area contributed by atoms with Crippen LogP contribution in [0, 0.1) is 11.8 Å². The maximum atomic E-state index is 12.3. The summed E-state index contributed by atoms with van der Waals surface area (Å²) in [6.45, 7) is 10.7. The molecule has 3 rings (SSSR count). The summed E-state index contributed by atoms with van der Waals surface area (Å²) in [6.07, 6.45) is 1.03. The molecule has 0 aromatic rings. The molecule has 2 N–H and O–H groups in total. The summed E-state index contributed by atoms with van der Waals surface area (Å²) in [5, 5.41) is 22.0. The number of hydrogen-bond donors (Lipinski definition) is 2. The van der Waals surface area contributed by atoms with Gasteiger partial charge in [-0.2, -0.15) is 0 Å². The molecule has 7 heteroatoms. The molecular formula is C22H34O7. The van der Waals surface area contributed by atoms with Crippen molar-refractivity contribution in [2.45, 2.75) is 102 Å². The summed E-state index contributed by atoms with van der Waals surface area (Å²) in [7, 11) is 0. The first-order valence-corrected chi connectivity index (χ1v) is 10.6. The second-order valence-corrected chi connectivity index (χ2v) is 9.55. The molecule has 29 heavy (non-hydrogen) atoms. The van der Waals surface area contributed by atoms with Gasteiger partial charge < -0.3 is 24.4 Å². The molecule has 7 nitrogen and oxygen atoms in total. The van der Waals surface area contributed by atoms with E-state index in [2.05, 4.69) is 6.58 Å². The highest BCUT2D eigenvalue weighted by Crippen LogP contribution is 2.43. The highest BCUT2D eigenvalue weighted by atomic mass is 16.6. The third kappa shape index (κ3) is 4.52. The standard InChI is InChI=1S/C22H34O7/c1-12-7-6-9-21(4,25)16-8-10-22(5,26)17(28-16)11-15-13(2)20(24)29-19(15)18(12)27-14(3)23/h12,15-19,25-26H,2,6-11H2,1,3-5H3/t12-,15-,16+,17+,18+,19+,21-,22-/m0/s1. The summed E-state index contributed by atoms with van der Waals surface area (Å²) in [5.74, 6) is -1.44. The number of rotatable bonds is 1. The van der Waals surface area contributed by atoms with Gasteiger partial charge in [0.1, 0.15) is 12.2 Å². The van der Waals surface area contributed by atoms with Crippen LogP contribution in [0.2, 0.25) is 0 Å². The Morgan fingerprint density at radius 3 is 2.48 bits per heavy atom. The third-order valence-corrected chi connectivity index (χ3v) is 6.98. The second kappa shape index (κ2) is 8.00. The maximum absolute atomic E-state index is 12.3. The van der Waals surface area contributed by atoms with Crippen LogP contribution in [-0.4, -0.2) is 57.8 Å². The first kappa shape index (κ1) is 22.2. The average Bonchev–Trinajstić information content (AvgIpc) is 2.88. The lowest BCUT2D eigenvalue weighted by Crippen LogP contribution is -2.55. The van der Waals surface area contributed by atoms with Crippen molar-refractivity contribution in [2.24, 2.45) is 11.8 Å². The van der Waals surface area contributed by atoms with Crippen LogP contribution in [0.3, 0.4) is 0 Å². The molecule has 0 aromatic heterocycles. The van der Waals surface area contributed by atoms with Crippen molar-refractivity contribution in [3.05, 3.63) is 12.2 Å². The number of ether oxygens (including phenoxy) is 3. The lowest BCUT2D eigenvalue weighted by atomic mass is 9.75. The van der Waals surface area contributed by atoms with Crippen molar-refractivity contribution >= 4 is 11.9 Å². The zero-order valence-corrected chi connectivity index (χ0v) is 17.8. The van der Waals surface area contributed by atoms with Gasteiger partial charge >= 0.3 is 11.9 Å². The molecule has 0 spiro atoms. The molecule has 3 aliphatic heterocycles. The van der Waals surface area contributed by atoms with Crippen LogP contribution in [0.1, 0.15) is 66.2 Å². The van der Waals surface area contributed by atoms with Crippen molar-refractivity contribution in [3.8, 4) is 0 Å². The zero-order valence-electron chi connectivity index (χ0n) is 17.8. The van der Waals surface area contributed by atoms with Crippen molar-refractivity contribution in [1.29, 1.82) is 0 Å². The van der Waals surface area contributed by atoms with Crippen LogP contribution in [0.4, 0.5) is 0 Å². The minimum Gasteiger partial charge on any atom is -0.458 e. The first-order chi connectivity index (χ1) is 13.4. The molecule has 0 saturated carbocycles. The molecule has 2 bridgehead atoms. The molecule has 0 aromatic carbocycles. The van der Waals surface area contributed by atoms with Crippen LogP contribution in [0.25, 0.3) is 0 Å². The number of fused-ring (bicyclic) bond motifs is 3. The predicted molar refractivity (Wildman–Crippen MR) is 105 cm³/mol. The molecule has 3 heterocycles. The van der Waals surface area contributed by atoms with Crippen LogP contribution in [0.15, 0.2) is 12.2 Å². The van der Waals surface area contributed by atoms with Gasteiger partial charge in [0, 0.05) is 18.4 Å². The average molecular weight is 411 g/mol. The number of aliphatic hydroxyl groups is 2. The smallest absolute Gasteiger partial charge is 0.334 e. The molecule has 3 saturated heterocycles. The largest absolute Gasteiger partial charge is 0.458 e. The monoisotopic (exact) mass is 410 g/mol. The predicted octanol–water partition coefficient (Wildman–Crippen LogP) is 2.28.